The summed E-state index contributed by atoms with van der Waals surface area (Å²) < 4.78 is 0. The number of allylic oxidation sites excluding steroid dienone is 4. The molecule has 0 fully saturated rings. The molecule has 7 N–H and O–H groups in total. The van der Waals surface area contributed by atoms with Crippen molar-refractivity contribution >= 4 is 43.1 Å². The lowest BCUT2D eigenvalue weighted by atomic mass is 9.83. The number of carbonyl (C=O) groups excluding carboxylic acids is 1. The Morgan fingerprint density at radius 3 is 1.53 bits per heavy atom. The highest BCUT2D eigenvalue weighted by atomic mass is 35.5. The smallest absolute Gasteiger partial charge is 0.220 e. The van der Waals surface area contributed by atoms with Crippen molar-refractivity contribution < 1.29 is 4.79 Å². The van der Waals surface area contributed by atoms with Gasteiger partial charge in [-0.2, -0.15) is 0 Å². The zero-order valence-corrected chi connectivity index (χ0v) is 25.5. The van der Waals surface area contributed by atoms with Crippen LogP contribution >= 0.6 is 37.2 Å². The van der Waals surface area contributed by atoms with Crippen molar-refractivity contribution in [2.45, 2.75) is 128 Å². The van der Waals surface area contributed by atoms with Crippen LogP contribution in [0.3, 0.4) is 0 Å². The highest BCUT2D eigenvalue weighted by Gasteiger charge is 2.29. The van der Waals surface area contributed by atoms with Crippen LogP contribution in [0.25, 0.3) is 0 Å². The molecule has 0 aromatic rings. The van der Waals surface area contributed by atoms with Crippen LogP contribution in [-0.2, 0) is 4.79 Å². The lowest BCUT2D eigenvalue weighted by Crippen LogP contribution is -2.49. The summed E-state index contributed by atoms with van der Waals surface area (Å²) in [4.78, 5) is 12.7. The molecule has 0 aromatic carbocycles. The predicted molar refractivity (Wildman–Crippen MR) is 167 cm³/mol. The standard InChI is InChI=1S/C28H56N4O.3ClH/c1-2-3-4-5-6-7-8-9-10-11-12-13-14-15-16-20-27(33)32-28(21-17-24-29,22-18-25-30)23-19-26-31;;;/h7-8,10-11H,2-6,9,12-26,29-31H2,1H3,(H,32,33);3*1H/b8-7-,11-10-;;;. The van der Waals surface area contributed by atoms with Gasteiger partial charge in [-0.15, -0.1) is 37.2 Å². The van der Waals surface area contributed by atoms with Gasteiger partial charge in [-0.05, 0) is 96.7 Å². The molecule has 1 amide bonds. The highest BCUT2D eigenvalue weighted by Crippen LogP contribution is 2.25. The van der Waals surface area contributed by atoms with Crippen LogP contribution in [0.5, 0.6) is 0 Å². The number of amides is 1. The lowest BCUT2D eigenvalue weighted by Gasteiger charge is -2.35. The van der Waals surface area contributed by atoms with E-state index in [1.54, 1.807) is 0 Å². The SMILES string of the molecule is CCCCCC/C=C\C/C=C\CCCCCCC(=O)NC(CCCN)(CCCN)CCCN.Cl.Cl.Cl. The molecule has 5 nitrogen and oxygen atoms in total. The van der Waals surface area contributed by atoms with Crippen molar-refractivity contribution in [3.05, 3.63) is 24.3 Å². The van der Waals surface area contributed by atoms with E-state index in [2.05, 4.69) is 36.5 Å². The molecule has 8 heteroatoms. The number of nitrogens with two attached hydrogens (primary N) is 3. The molecule has 0 rings (SSSR count). The number of halogens is 3. The van der Waals surface area contributed by atoms with E-state index in [0.717, 1.165) is 64.2 Å². The molecule has 0 heterocycles. The van der Waals surface area contributed by atoms with Gasteiger partial charge < -0.3 is 22.5 Å². The van der Waals surface area contributed by atoms with Crippen LogP contribution in [0.4, 0.5) is 0 Å². The first-order valence-corrected chi connectivity index (χ1v) is 13.8. The van der Waals surface area contributed by atoms with Gasteiger partial charge in [0, 0.05) is 12.0 Å². The van der Waals surface area contributed by atoms with Crippen LogP contribution in [0.2, 0.25) is 0 Å². The van der Waals surface area contributed by atoms with Crippen molar-refractivity contribution in [2.24, 2.45) is 17.2 Å². The molecule has 0 unspecified atom stereocenters. The first kappa shape index (κ1) is 42.8. The van der Waals surface area contributed by atoms with Crippen LogP contribution in [0.1, 0.15) is 122 Å². The van der Waals surface area contributed by atoms with Crippen LogP contribution < -0.4 is 22.5 Å². The summed E-state index contributed by atoms with van der Waals surface area (Å²) in [6, 6.07) is 0. The second-order valence-electron chi connectivity index (χ2n) is 9.49. The van der Waals surface area contributed by atoms with Gasteiger partial charge >= 0.3 is 0 Å². The Balaban J connectivity index is -0.00000171. The van der Waals surface area contributed by atoms with E-state index in [1.807, 2.05) is 0 Å². The van der Waals surface area contributed by atoms with Gasteiger partial charge in [0.2, 0.25) is 5.91 Å². The Morgan fingerprint density at radius 2 is 1.08 bits per heavy atom. The molecule has 0 aliphatic heterocycles. The fourth-order valence-electron chi connectivity index (χ4n) is 4.34. The highest BCUT2D eigenvalue weighted by molar-refractivity contribution is 5.86. The maximum absolute atomic E-state index is 12.7. The number of hydrogen-bond acceptors (Lipinski definition) is 4. The quantitative estimate of drug-likeness (QED) is 0.0727. The van der Waals surface area contributed by atoms with E-state index in [4.69, 9.17) is 17.2 Å². The zero-order chi connectivity index (χ0) is 24.5. The fraction of sp³-hybridized carbons (Fsp3) is 0.821. The summed E-state index contributed by atoms with van der Waals surface area (Å²) in [5.74, 6) is 0.169. The van der Waals surface area contributed by atoms with E-state index in [1.165, 1.54) is 44.9 Å². The summed E-state index contributed by atoms with van der Waals surface area (Å²) in [6.07, 6.45) is 28.5. The Hall–Kier alpha value is -0.300. The summed E-state index contributed by atoms with van der Waals surface area (Å²) in [5.41, 5.74) is 17.1. The molecule has 0 aliphatic rings. The Kier molecular flexibility index (Phi) is 38.9. The van der Waals surface area contributed by atoms with E-state index in [9.17, 15) is 4.79 Å². The minimum absolute atomic E-state index is 0. The van der Waals surface area contributed by atoms with E-state index in [0.29, 0.717) is 26.1 Å². The number of unbranched alkanes of at least 4 members (excludes halogenated alkanes) is 8. The summed E-state index contributed by atoms with van der Waals surface area (Å²) in [7, 11) is 0. The van der Waals surface area contributed by atoms with Crippen LogP contribution in [0, 0.1) is 0 Å². The van der Waals surface area contributed by atoms with E-state index in [-0.39, 0.29) is 48.7 Å². The predicted octanol–water partition coefficient (Wildman–Crippen LogP) is 7.14. The monoisotopic (exact) mass is 572 g/mol. The molecule has 0 radical (unpaired) electrons. The summed E-state index contributed by atoms with van der Waals surface area (Å²) >= 11 is 0. The van der Waals surface area contributed by atoms with Crippen LogP contribution in [0.15, 0.2) is 24.3 Å². The average molecular weight is 574 g/mol. The lowest BCUT2D eigenvalue weighted by molar-refractivity contribution is -0.123. The zero-order valence-electron chi connectivity index (χ0n) is 23.0. The molecule has 0 saturated carbocycles. The third kappa shape index (κ3) is 26.8. The molecule has 0 aliphatic carbocycles. The van der Waals surface area contributed by atoms with E-state index < -0.39 is 0 Å². The first-order chi connectivity index (χ1) is 16.1. The largest absolute Gasteiger partial charge is 0.351 e. The molecular formula is C28H59Cl3N4O. The van der Waals surface area contributed by atoms with Crippen molar-refractivity contribution in [1.29, 1.82) is 0 Å². The van der Waals surface area contributed by atoms with E-state index >= 15 is 0 Å². The summed E-state index contributed by atoms with van der Waals surface area (Å²) in [5, 5.41) is 3.36. The molecule has 36 heavy (non-hydrogen) atoms. The number of hydrogen-bond donors (Lipinski definition) is 4. The number of rotatable bonds is 24. The van der Waals surface area contributed by atoms with Gasteiger partial charge in [0.05, 0.1) is 0 Å². The van der Waals surface area contributed by atoms with Crippen molar-refractivity contribution in [3.8, 4) is 0 Å². The molecule has 0 saturated heterocycles. The molecule has 218 valence electrons. The minimum atomic E-state index is -0.191. The normalized spacial score (nSPS) is 11.2. The molecule has 0 bridgehead atoms. The Labute approximate surface area is 241 Å². The van der Waals surface area contributed by atoms with Gasteiger partial charge in [0.15, 0.2) is 0 Å². The third-order valence-corrected chi connectivity index (χ3v) is 6.34. The summed E-state index contributed by atoms with van der Waals surface area (Å²) in [6.45, 7) is 4.19. The Morgan fingerprint density at radius 1 is 0.639 bits per heavy atom. The number of carbonyl (C=O) groups is 1. The maximum atomic E-state index is 12.7. The molecule has 0 atom stereocenters. The minimum Gasteiger partial charge on any atom is -0.351 e. The van der Waals surface area contributed by atoms with Crippen molar-refractivity contribution in [1.82, 2.24) is 5.32 Å². The third-order valence-electron chi connectivity index (χ3n) is 6.34. The van der Waals surface area contributed by atoms with Crippen molar-refractivity contribution in [2.75, 3.05) is 19.6 Å². The van der Waals surface area contributed by atoms with Gasteiger partial charge in [-0.25, -0.2) is 0 Å². The average Bonchev–Trinajstić information content (AvgIpc) is 2.82. The topological polar surface area (TPSA) is 107 Å². The maximum Gasteiger partial charge on any atom is 0.220 e. The second-order valence-corrected chi connectivity index (χ2v) is 9.49. The molecule has 0 aromatic heterocycles. The Bertz CT molecular complexity index is 483. The van der Waals surface area contributed by atoms with Crippen LogP contribution in [-0.4, -0.2) is 31.1 Å². The van der Waals surface area contributed by atoms with Crippen molar-refractivity contribution in [3.63, 3.8) is 0 Å². The molecule has 0 spiro atoms. The van der Waals surface area contributed by atoms with Gasteiger partial charge in [0.1, 0.15) is 0 Å². The van der Waals surface area contributed by atoms with Gasteiger partial charge in [0.25, 0.3) is 0 Å². The number of nitrogens with one attached hydrogen (secondary N) is 1. The van der Waals surface area contributed by atoms with Gasteiger partial charge in [-0.1, -0.05) is 63.3 Å². The molecular weight excluding hydrogens is 515 g/mol. The fourth-order valence-corrected chi connectivity index (χ4v) is 4.34. The second kappa shape index (κ2) is 32.7. The first-order valence-electron chi connectivity index (χ1n) is 13.8. The van der Waals surface area contributed by atoms with Gasteiger partial charge in [-0.3, -0.25) is 4.79 Å².